The van der Waals surface area contributed by atoms with E-state index in [2.05, 4.69) is 42.9 Å². The van der Waals surface area contributed by atoms with E-state index in [0.29, 0.717) is 6.04 Å². The number of aryl methyl sites for hydroxylation is 1. The molecular weight excluding hydrogens is 246 g/mol. The Morgan fingerprint density at radius 3 is 2.72 bits per heavy atom. The van der Waals surface area contributed by atoms with Crippen LogP contribution >= 0.6 is 11.3 Å². The molecular formula is C13H25N3OS. The number of hydrogen-bond donors (Lipinski definition) is 1. The minimum Gasteiger partial charge on any atom is -0.383 e. The molecule has 1 aromatic rings. The van der Waals surface area contributed by atoms with Gasteiger partial charge in [-0.15, -0.1) is 11.3 Å². The van der Waals surface area contributed by atoms with E-state index in [9.17, 15) is 0 Å². The number of nitrogens with one attached hydrogen (secondary N) is 1. The first-order valence-electron chi connectivity index (χ1n) is 6.56. The highest BCUT2D eigenvalue weighted by atomic mass is 32.1. The van der Waals surface area contributed by atoms with Crippen molar-refractivity contribution in [3.05, 3.63) is 10.6 Å². The van der Waals surface area contributed by atoms with Crippen LogP contribution in [0.1, 0.15) is 31.3 Å². The summed E-state index contributed by atoms with van der Waals surface area (Å²) in [7, 11) is 1.74. The molecule has 0 bridgehead atoms. The summed E-state index contributed by atoms with van der Waals surface area (Å²) in [6.07, 6.45) is 0. The number of likely N-dealkylation sites (N-methyl/N-ethyl adjacent to an activating group) is 1. The van der Waals surface area contributed by atoms with Crippen molar-refractivity contribution in [2.24, 2.45) is 0 Å². The molecule has 0 aliphatic heterocycles. The van der Waals surface area contributed by atoms with Crippen LogP contribution < -0.4 is 10.2 Å². The lowest BCUT2D eigenvalue weighted by Crippen LogP contribution is -2.36. The normalized spacial score (nSPS) is 12.7. The van der Waals surface area contributed by atoms with E-state index in [-0.39, 0.29) is 0 Å². The molecule has 5 heteroatoms. The van der Waals surface area contributed by atoms with Gasteiger partial charge in [-0.25, -0.2) is 4.98 Å². The minimum absolute atomic E-state index is 0.359. The molecule has 0 spiro atoms. The molecule has 1 heterocycles. The van der Waals surface area contributed by atoms with Crippen molar-refractivity contribution in [3.8, 4) is 0 Å². The van der Waals surface area contributed by atoms with Crippen molar-refractivity contribution in [1.29, 1.82) is 0 Å². The van der Waals surface area contributed by atoms with Gasteiger partial charge in [-0.2, -0.15) is 0 Å². The van der Waals surface area contributed by atoms with Crippen LogP contribution in [0.2, 0.25) is 0 Å². The van der Waals surface area contributed by atoms with Crippen molar-refractivity contribution in [3.63, 3.8) is 0 Å². The van der Waals surface area contributed by atoms with Crippen LogP contribution in [0.4, 0.5) is 5.13 Å². The third-order valence-electron chi connectivity index (χ3n) is 2.94. The molecule has 0 saturated heterocycles. The molecule has 104 valence electrons. The summed E-state index contributed by atoms with van der Waals surface area (Å²) in [5.41, 5.74) is 1.14. The molecule has 0 amide bonds. The van der Waals surface area contributed by atoms with Gasteiger partial charge in [0.15, 0.2) is 5.13 Å². The van der Waals surface area contributed by atoms with Gasteiger partial charge in [0.2, 0.25) is 0 Å². The van der Waals surface area contributed by atoms with Gasteiger partial charge in [-0.3, -0.25) is 0 Å². The van der Waals surface area contributed by atoms with Gasteiger partial charge in [0.05, 0.1) is 18.3 Å². The Morgan fingerprint density at radius 2 is 2.17 bits per heavy atom. The average molecular weight is 271 g/mol. The number of rotatable bonds is 8. The number of thiazole rings is 1. The van der Waals surface area contributed by atoms with Crippen LogP contribution in [0.25, 0.3) is 0 Å². The van der Waals surface area contributed by atoms with Gasteiger partial charge in [0.1, 0.15) is 0 Å². The zero-order chi connectivity index (χ0) is 13.5. The maximum Gasteiger partial charge on any atom is 0.186 e. The second-order valence-electron chi connectivity index (χ2n) is 4.38. The Balaban J connectivity index is 2.80. The SMILES string of the molecule is CCNCc1sc(N(CC)C(C)COC)nc1C. The summed E-state index contributed by atoms with van der Waals surface area (Å²) < 4.78 is 5.23. The smallest absolute Gasteiger partial charge is 0.186 e. The van der Waals surface area contributed by atoms with Gasteiger partial charge < -0.3 is 15.0 Å². The maximum atomic E-state index is 5.23. The number of hydrogen-bond acceptors (Lipinski definition) is 5. The fourth-order valence-corrected chi connectivity index (χ4v) is 3.10. The predicted molar refractivity (Wildman–Crippen MR) is 78.6 cm³/mol. The van der Waals surface area contributed by atoms with E-state index in [1.54, 1.807) is 18.4 Å². The average Bonchev–Trinajstić information content (AvgIpc) is 2.69. The maximum absolute atomic E-state index is 5.23. The quantitative estimate of drug-likeness (QED) is 0.788. The fraction of sp³-hybridized carbons (Fsp3) is 0.769. The van der Waals surface area contributed by atoms with Gasteiger partial charge >= 0.3 is 0 Å². The summed E-state index contributed by atoms with van der Waals surface area (Å²) in [6.45, 7) is 12.1. The first-order chi connectivity index (χ1) is 8.63. The van der Waals surface area contributed by atoms with Crippen LogP contribution in [0, 0.1) is 6.92 Å². The van der Waals surface area contributed by atoms with Gasteiger partial charge in [-0.05, 0) is 27.3 Å². The lowest BCUT2D eigenvalue weighted by Gasteiger charge is -2.26. The predicted octanol–water partition coefficient (Wildman–Crippen LogP) is 2.42. The van der Waals surface area contributed by atoms with Gasteiger partial charge in [0, 0.05) is 25.1 Å². The highest BCUT2D eigenvalue weighted by molar-refractivity contribution is 7.15. The number of anilines is 1. The first-order valence-corrected chi connectivity index (χ1v) is 7.38. The Morgan fingerprint density at radius 1 is 1.44 bits per heavy atom. The number of nitrogens with zero attached hydrogens (tertiary/aromatic N) is 2. The largest absolute Gasteiger partial charge is 0.383 e. The van der Waals surface area contributed by atoms with Crippen LogP contribution in [0.15, 0.2) is 0 Å². The Bertz CT molecular complexity index is 354. The van der Waals surface area contributed by atoms with Crippen LogP contribution in [-0.4, -0.2) is 37.8 Å². The fourth-order valence-electron chi connectivity index (χ4n) is 1.90. The summed E-state index contributed by atoms with van der Waals surface area (Å²) in [6, 6.07) is 0.359. The standard InChI is InChI=1S/C13H25N3OS/c1-6-14-8-12-11(4)15-13(18-12)16(7-2)10(3)9-17-5/h10,14H,6-9H2,1-5H3. The molecule has 1 unspecified atom stereocenters. The third-order valence-corrected chi connectivity index (χ3v) is 4.14. The molecule has 1 N–H and O–H groups in total. The molecule has 0 aromatic carbocycles. The van der Waals surface area contributed by atoms with Crippen molar-refractivity contribution >= 4 is 16.5 Å². The van der Waals surface area contributed by atoms with E-state index in [0.717, 1.165) is 37.1 Å². The monoisotopic (exact) mass is 271 g/mol. The molecule has 0 fully saturated rings. The lowest BCUT2D eigenvalue weighted by molar-refractivity contribution is 0.182. The molecule has 1 rings (SSSR count). The van der Waals surface area contributed by atoms with E-state index >= 15 is 0 Å². The summed E-state index contributed by atoms with van der Waals surface area (Å²) in [4.78, 5) is 8.32. The Hall–Kier alpha value is -0.650. The topological polar surface area (TPSA) is 37.4 Å². The molecule has 0 aliphatic carbocycles. The van der Waals surface area contributed by atoms with E-state index < -0.39 is 0 Å². The number of ether oxygens (including phenoxy) is 1. The second kappa shape index (κ2) is 7.71. The third kappa shape index (κ3) is 3.93. The zero-order valence-electron chi connectivity index (χ0n) is 12.1. The zero-order valence-corrected chi connectivity index (χ0v) is 12.9. The van der Waals surface area contributed by atoms with Gasteiger partial charge in [-0.1, -0.05) is 6.92 Å². The molecule has 0 radical (unpaired) electrons. The minimum atomic E-state index is 0.359. The molecule has 0 aliphatic rings. The molecule has 1 aromatic heterocycles. The van der Waals surface area contributed by atoms with Crippen LogP contribution in [0.3, 0.4) is 0 Å². The van der Waals surface area contributed by atoms with Crippen molar-refractivity contribution in [2.75, 3.05) is 31.7 Å². The van der Waals surface area contributed by atoms with Gasteiger partial charge in [0.25, 0.3) is 0 Å². The summed E-state index contributed by atoms with van der Waals surface area (Å²) >= 11 is 1.78. The van der Waals surface area contributed by atoms with Crippen molar-refractivity contribution in [2.45, 2.75) is 40.3 Å². The van der Waals surface area contributed by atoms with E-state index in [4.69, 9.17) is 4.74 Å². The van der Waals surface area contributed by atoms with E-state index in [1.807, 2.05) is 0 Å². The molecule has 0 saturated carbocycles. The number of aromatic nitrogens is 1. The number of methoxy groups -OCH3 is 1. The Kier molecular flexibility index (Phi) is 6.60. The van der Waals surface area contributed by atoms with Crippen LogP contribution in [-0.2, 0) is 11.3 Å². The first kappa shape index (κ1) is 15.4. The second-order valence-corrected chi connectivity index (χ2v) is 5.44. The summed E-state index contributed by atoms with van der Waals surface area (Å²) in [5, 5.41) is 4.46. The highest BCUT2D eigenvalue weighted by Gasteiger charge is 2.17. The van der Waals surface area contributed by atoms with E-state index in [1.165, 1.54) is 4.88 Å². The molecule has 1 atom stereocenters. The summed E-state index contributed by atoms with van der Waals surface area (Å²) in [5.74, 6) is 0. The van der Waals surface area contributed by atoms with Crippen molar-refractivity contribution in [1.82, 2.24) is 10.3 Å². The molecule has 4 nitrogen and oxygen atoms in total. The lowest BCUT2D eigenvalue weighted by atomic mass is 10.3. The van der Waals surface area contributed by atoms with Crippen molar-refractivity contribution < 1.29 is 4.74 Å². The van der Waals surface area contributed by atoms with Crippen LogP contribution in [0.5, 0.6) is 0 Å². The highest BCUT2D eigenvalue weighted by Crippen LogP contribution is 2.27. The Labute approximate surface area is 114 Å². The molecule has 18 heavy (non-hydrogen) atoms.